The SMILES string of the molecule is CCCCCCN(CCO)C(=O)COC(C)C. The lowest BCUT2D eigenvalue weighted by molar-refractivity contribution is -0.138. The van der Waals surface area contributed by atoms with Gasteiger partial charge in [0.15, 0.2) is 0 Å². The van der Waals surface area contributed by atoms with E-state index in [9.17, 15) is 4.79 Å². The third-order valence-electron chi connectivity index (χ3n) is 2.54. The number of nitrogens with zero attached hydrogens (tertiary/aromatic N) is 1. The van der Waals surface area contributed by atoms with Gasteiger partial charge in [-0.1, -0.05) is 26.2 Å². The monoisotopic (exact) mass is 245 g/mol. The quantitative estimate of drug-likeness (QED) is 0.597. The summed E-state index contributed by atoms with van der Waals surface area (Å²) >= 11 is 0. The van der Waals surface area contributed by atoms with Gasteiger partial charge in [0.25, 0.3) is 0 Å². The highest BCUT2D eigenvalue weighted by Gasteiger charge is 2.13. The van der Waals surface area contributed by atoms with Crippen LogP contribution < -0.4 is 0 Å². The molecule has 0 heterocycles. The Kier molecular flexibility index (Phi) is 10.2. The second-order valence-electron chi connectivity index (χ2n) is 4.52. The van der Waals surface area contributed by atoms with Crippen molar-refractivity contribution in [1.82, 2.24) is 4.90 Å². The lowest BCUT2D eigenvalue weighted by atomic mass is 10.2. The summed E-state index contributed by atoms with van der Waals surface area (Å²) in [5.74, 6) is -0.0238. The smallest absolute Gasteiger partial charge is 0.248 e. The highest BCUT2D eigenvalue weighted by atomic mass is 16.5. The fourth-order valence-electron chi connectivity index (χ4n) is 1.54. The fraction of sp³-hybridized carbons (Fsp3) is 0.923. The van der Waals surface area contributed by atoms with Crippen molar-refractivity contribution >= 4 is 5.91 Å². The molecule has 0 saturated heterocycles. The Morgan fingerprint density at radius 1 is 1.24 bits per heavy atom. The van der Waals surface area contributed by atoms with Crippen LogP contribution in [0.3, 0.4) is 0 Å². The van der Waals surface area contributed by atoms with Crippen LogP contribution in [0.2, 0.25) is 0 Å². The van der Waals surface area contributed by atoms with Crippen LogP contribution in [0.25, 0.3) is 0 Å². The van der Waals surface area contributed by atoms with E-state index in [-0.39, 0.29) is 25.2 Å². The average molecular weight is 245 g/mol. The van der Waals surface area contributed by atoms with E-state index in [1.54, 1.807) is 4.90 Å². The van der Waals surface area contributed by atoms with Gasteiger partial charge < -0.3 is 14.7 Å². The molecule has 102 valence electrons. The molecule has 0 fully saturated rings. The Hall–Kier alpha value is -0.610. The Morgan fingerprint density at radius 2 is 1.94 bits per heavy atom. The van der Waals surface area contributed by atoms with E-state index in [2.05, 4.69) is 6.92 Å². The van der Waals surface area contributed by atoms with Crippen molar-refractivity contribution in [2.75, 3.05) is 26.3 Å². The molecule has 0 aromatic carbocycles. The van der Waals surface area contributed by atoms with Crippen LogP contribution in [0.1, 0.15) is 46.5 Å². The van der Waals surface area contributed by atoms with Gasteiger partial charge in [-0.25, -0.2) is 0 Å². The highest BCUT2D eigenvalue weighted by molar-refractivity contribution is 5.77. The molecule has 17 heavy (non-hydrogen) atoms. The molecule has 0 rings (SSSR count). The van der Waals surface area contributed by atoms with Gasteiger partial charge in [0, 0.05) is 13.1 Å². The first-order valence-electron chi connectivity index (χ1n) is 6.62. The van der Waals surface area contributed by atoms with Gasteiger partial charge in [0.2, 0.25) is 5.91 Å². The molecule has 0 spiro atoms. The number of rotatable bonds is 10. The zero-order valence-corrected chi connectivity index (χ0v) is 11.4. The highest BCUT2D eigenvalue weighted by Crippen LogP contribution is 2.02. The topological polar surface area (TPSA) is 49.8 Å². The Morgan fingerprint density at radius 3 is 2.47 bits per heavy atom. The molecule has 0 bridgehead atoms. The number of aliphatic hydroxyl groups is 1. The zero-order valence-electron chi connectivity index (χ0n) is 11.4. The van der Waals surface area contributed by atoms with Crippen molar-refractivity contribution in [3.05, 3.63) is 0 Å². The van der Waals surface area contributed by atoms with Crippen molar-refractivity contribution in [2.24, 2.45) is 0 Å². The van der Waals surface area contributed by atoms with Crippen molar-refractivity contribution in [2.45, 2.75) is 52.6 Å². The first kappa shape index (κ1) is 16.4. The summed E-state index contributed by atoms with van der Waals surface area (Å²) in [5.41, 5.74) is 0. The molecule has 0 aliphatic heterocycles. The lowest BCUT2D eigenvalue weighted by Gasteiger charge is -2.22. The molecule has 0 aliphatic carbocycles. The Balaban J connectivity index is 3.89. The average Bonchev–Trinajstić information content (AvgIpc) is 2.30. The van der Waals surface area contributed by atoms with Crippen molar-refractivity contribution in [1.29, 1.82) is 0 Å². The van der Waals surface area contributed by atoms with Crippen LogP contribution in [0.4, 0.5) is 0 Å². The summed E-state index contributed by atoms with van der Waals surface area (Å²) in [6.07, 6.45) is 4.58. The molecular weight excluding hydrogens is 218 g/mol. The first-order chi connectivity index (χ1) is 8.11. The van der Waals surface area contributed by atoms with Gasteiger partial charge >= 0.3 is 0 Å². The van der Waals surface area contributed by atoms with Crippen LogP contribution in [-0.2, 0) is 9.53 Å². The standard InChI is InChI=1S/C13H27NO3/c1-4-5-6-7-8-14(9-10-15)13(16)11-17-12(2)3/h12,15H,4-11H2,1-3H3. The lowest BCUT2D eigenvalue weighted by Crippen LogP contribution is -2.37. The van der Waals surface area contributed by atoms with Gasteiger partial charge in [-0.05, 0) is 20.3 Å². The van der Waals surface area contributed by atoms with Crippen LogP contribution in [-0.4, -0.2) is 48.3 Å². The van der Waals surface area contributed by atoms with Crippen LogP contribution in [0.15, 0.2) is 0 Å². The predicted octanol–water partition coefficient (Wildman–Crippen LogP) is 1.81. The van der Waals surface area contributed by atoms with Crippen LogP contribution >= 0.6 is 0 Å². The van der Waals surface area contributed by atoms with E-state index in [0.717, 1.165) is 19.4 Å². The van der Waals surface area contributed by atoms with E-state index in [0.29, 0.717) is 6.54 Å². The molecule has 4 nitrogen and oxygen atoms in total. The number of unbranched alkanes of at least 4 members (excludes halogenated alkanes) is 3. The van der Waals surface area contributed by atoms with E-state index in [1.807, 2.05) is 13.8 Å². The summed E-state index contributed by atoms with van der Waals surface area (Å²) in [7, 11) is 0. The van der Waals surface area contributed by atoms with Crippen molar-refractivity contribution < 1.29 is 14.6 Å². The number of amides is 1. The molecule has 0 atom stereocenters. The van der Waals surface area contributed by atoms with E-state index in [1.165, 1.54) is 12.8 Å². The molecule has 0 saturated carbocycles. The molecule has 0 aliphatic rings. The molecule has 1 amide bonds. The summed E-state index contributed by atoms with van der Waals surface area (Å²) in [5, 5.41) is 8.93. The summed E-state index contributed by atoms with van der Waals surface area (Å²) in [6.45, 7) is 7.24. The zero-order chi connectivity index (χ0) is 13.1. The number of ether oxygens (including phenoxy) is 1. The number of hydrogen-bond donors (Lipinski definition) is 1. The minimum Gasteiger partial charge on any atom is -0.395 e. The van der Waals surface area contributed by atoms with E-state index < -0.39 is 0 Å². The minimum atomic E-state index is -0.0238. The first-order valence-corrected chi connectivity index (χ1v) is 6.62. The van der Waals surface area contributed by atoms with Crippen LogP contribution in [0, 0.1) is 0 Å². The van der Waals surface area contributed by atoms with Crippen molar-refractivity contribution in [3.63, 3.8) is 0 Å². The molecule has 4 heteroatoms. The maximum atomic E-state index is 11.8. The van der Waals surface area contributed by atoms with E-state index in [4.69, 9.17) is 9.84 Å². The largest absolute Gasteiger partial charge is 0.395 e. The Bertz CT molecular complexity index is 195. The second-order valence-corrected chi connectivity index (χ2v) is 4.52. The van der Waals surface area contributed by atoms with Crippen molar-refractivity contribution in [3.8, 4) is 0 Å². The number of carbonyl (C=O) groups is 1. The van der Waals surface area contributed by atoms with Gasteiger partial charge in [0.05, 0.1) is 12.7 Å². The number of aliphatic hydroxyl groups excluding tert-OH is 1. The third kappa shape index (κ3) is 9.12. The summed E-state index contributed by atoms with van der Waals surface area (Å²) in [6, 6.07) is 0. The Labute approximate surface area is 105 Å². The molecule has 0 unspecified atom stereocenters. The number of carbonyl (C=O) groups excluding carboxylic acids is 1. The molecule has 0 aromatic rings. The maximum Gasteiger partial charge on any atom is 0.248 e. The van der Waals surface area contributed by atoms with Gasteiger partial charge in [-0.2, -0.15) is 0 Å². The van der Waals surface area contributed by atoms with Gasteiger partial charge in [0.1, 0.15) is 6.61 Å². The van der Waals surface area contributed by atoms with Crippen LogP contribution in [0.5, 0.6) is 0 Å². The maximum absolute atomic E-state index is 11.8. The second kappa shape index (κ2) is 10.5. The molecule has 1 N–H and O–H groups in total. The van der Waals surface area contributed by atoms with E-state index >= 15 is 0 Å². The third-order valence-corrected chi connectivity index (χ3v) is 2.54. The fourth-order valence-corrected chi connectivity index (χ4v) is 1.54. The predicted molar refractivity (Wildman–Crippen MR) is 68.9 cm³/mol. The normalized spacial score (nSPS) is 10.9. The molecule has 0 radical (unpaired) electrons. The van der Waals surface area contributed by atoms with Gasteiger partial charge in [-0.15, -0.1) is 0 Å². The molecule has 0 aromatic heterocycles. The minimum absolute atomic E-state index is 0.0151. The number of hydrogen-bond acceptors (Lipinski definition) is 3. The molecular formula is C13H27NO3. The van der Waals surface area contributed by atoms with Gasteiger partial charge in [-0.3, -0.25) is 4.79 Å². The summed E-state index contributed by atoms with van der Waals surface area (Å²) < 4.78 is 5.29. The summed E-state index contributed by atoms with van der Waals surface area (Å²) in [4.78, 5) is 13.5.